The Morgan fingerprint density at radius 3 is 2.62 bits per heavy atom. The smallest absolute Gasteiger partial charge is 0.396 e. The number of aromatic nitrogens is 5. The third-order valence-corrected chi connectivity index (χ3v) is 6.95. The molecule has 5 N–H and O–H groups in total. The number of hydrogen-bond acceptors (Lipinski definition) is 10. The molecule has 0 aliphatic rings. The lowest BCUT2D eigenvalue weighted by Crippen LogP contribution is -2.22. The Morgan fingerprint density at radius 1 is 1.16 bits per heavy atom. The van der Waals surface area contributed by atoms with E-state index in [9.17, 15) is 22.5 Å². The van der Waals surface area contributed by atoms with Crippen molar-refractivity contribution in [1.29, 1.82) is 0 Å². The zero-order chi connectivity index (χ0) is 32.6. The lowest BCUT2D eigenvalue weighted by molar-refractivity contribution is -0.138. The number of aryl methyl sites for hydroxylation is 1. The number of benzene rings is 1. The maximum absolute atomic E-state index is 13.8. The molecule has 0 radical (unpaired) electrons. The zero-order valence-corrected chi connectivity index (χ0v) is 25.3. The fraction of sp³-hybridized carbons (Fsp3) is 0.296. The van der Waals surface area contributed by atoms with Crippen LogP contribution in [0.25, 0.3) is 11.3 Å². The van der Waals surface area contributed by atoms with E-state index in [-0.39, 0.29) is 54.2 Å². The number of pyridine rings is 1. The molecule has 0 saturated carbocycles. The second-order valence-electron chi connectivity index (χ2n) is 9.42. The van der Waals surface area contributed by atoms with Gasteiger partial charge in [-0.15, -0.1) is 9.42 Å². The summed E-state index contributed by atoms with van der Waals surface area (Å²) in [5.41, 5.74) is 0.898. The number of carbonyl (C=O) groups is 1. The van der Waals surface area contributed by atoms with E-state index in [1.165, 1.54) is 19.2 Å². The van der Waals surface area contributed by atoms with Crippen LogP contribution in [0.2, 0.25) is 5.02 Å². The van der Waals surface area contributed by atoms with Crippen molar-refractivity contribution < 1.29 is 37.1 Å². The highest BCUT2D eigenvalue weighted by atomic mass is 35.5. The fourth-order valence-electron chi connectivity index (χ4n) is 4.13. The Bertz CT molecular complexity index is 1670. The Kier molecular flexibility index (Phi) is 11.4. The summed E-state index contributed by atoms with van der Waals surface area (Å²) in [4.78, 5) is 33.8. The number of anilines is 3. The zero-order valence-electron chi connectivity index (χ0n) is 23.7. The van der Waals surface area contributed by atoms with Crippen molar-refractivity contribution in [3.63, 3.8) is 0 Å². The lowest BCUT2D eigenvalue weighted by atomic mass is 10.1. The van der Waals surface area contributed by atoms with Gasteiger partial charge in [0.05, 0.1) is 39.5 Å². The summed E-state index contributed by atoms with van der Waals surface area (Å²) in [5, 5.41) is 21.7. The average molecular weight is 668 g/mol. The van der Waals surface area contributed by atoms with Crippen LogP contribution in [0.4, 0.5) is 30.5 Å². The normalized spacial score (nSPS) is 11.8. The van der Waals surface area contributed by atoms with Gasteiger partial charge in [0.2, 0.25) is 5.95 Å². The molecule has 1 unspecified atom stereocenters. The Balaban J connectivity index is 1.51. The van der Waals surface area contributed by atoms with Crippen molar-refractivity contribution in [2.75, 3.05) is 30.8 Å². The fourth-order valence-corrected chi connectivity index (χ4v) is 4.64. The SMILES string of the molecule is CNC(=O)c1nc(-c2cnn(CCCO)c2)ccc1NCCc1nc(Nc2ccc(CO[P+](=O)O)cc2Cl)ncc1C(F)(F)F. The first-order valence-corrected chi connectivity index (χ1v) is 14.9. The highest BCUT2D eigenvalue weighted by Gasteiger charge is 2.35. The summed E-state index contributed by atoms with van der Waals surface area (Å²) in [6, 6.07) is 7.77. The Morgan fingerprint density at radius 2 is 1.93 bits per heavy atom. The van der Waals surface area contributed by atoms with Crippen molar-refractivity contribution in [1.82, 2.24) is 30.0 Å². The third-order valence-electron chi connectivity index (χ3n) is 6.28. The molecule has 0 saturated heterocycles. The average Bonchev–Trinajstić information content (AvgIpc) is 3.48. The van der Waals surface area contributed by atoms with Crippen LogP contribution in [-0.4, -0.2) is 60.8 Å². The van der Waals surface area contributed by atoms with Crippen molar-refractivity contribution >= 4 is 43.1 Å². The van der Waals surface area contributed by atoms with Crippen LogP contribution >= 0.6 is 19.9 Å². The minimum Gasteiger partial charge on any atom is -0.396 e. The van der Waals surface area contributed by atoms with Crippen molar-refractivity contribution in [2.24, 2.45) is 0 Å². The number of hydrogen-bond donors (Lipinski definition) is 5. The van der Waals surface area contributed by atoms with Crippen LogP contribution in [0.1, 0.15) is 33.7 Å². The topological polar surface area (TPSA) is 176 Å². The lowest BCUT2D eigenvalue weighted by Gasteiger charge is -2.15. The molecule has 1 atom stereocenters. The summed E-state index contributed by atoms with van der Waals surface area (Å²) >= 11 is 6.26. The monoisotopic (exact) mass is 667 g/mol. The van der Waals surface area contributed by atoms with Crippen LogP contribution in [0.15, 0.2) is 48.9 Å². The second kappa shape index (κ2) is 15.2. The highest BCUT2D eigenvalue weighted by Crippen LogP contribution is 2.33. The molecule has 1 aromatic carbocycles. The third kappa shape index (κ3) is 9.15. The van der Waals surface area contributed by atoms with Gasteiger partial charge in [0.25, 0.3) is 5.91 Å². The largest absolute Gasteiger partial charge is 0.695 e. The van der Waals surface area contributed by atoms with E-state index < -0.39 is 25.9 Å². The molecule has 3 aromatic heterocycles. The number of carbonyl (C=O) groups excluding carboxylic acids is 1. The first-order valence-electron chi connectivity index (χ1n) is 13.4. The molecule has 4 rings (SSSR count). The molecule has 1 amide bonds. The van der Waals surface area contributed by atoms with Gasteiger partial charge in [-0.05, 0) is 36.2 Å². The van der Waals surface area contributed by atoms with Gasteiger partial charge in [0, 0.05) is 55.7 Å². The summed E-state index contributed by atoms with van der Waals surface area (Å²) in [7, 11) is -1.36. The van der Waals surface area contributed by atoms with E-state index in [0.29, 0.717) is 41.7 Å². The minimum absolute atomic E-state index is 0.0167. The van der Waals surface area contributed by atoms with E-state index in [1.807, 2.05) is 0 Å². The number of aliphatic hydroxyl groups is 1. The molecule has 45 heavy (non-hydrogen) atoms. The summed E-state index contributed by atoms with van der Waals surface area (Å²) in [6.07, 6.45) is -0.410. The van der Waals surface area contributed by atoms with Gasteiger partial charge in [0.1, 0.15) is 6.61 Å². The molecular weight excluding hydrogens is 640 g/mol. The predicted molar refractivity (Wildman–Crippen MR) is 159 cm³/mol. The van der Waals surface area contributed by atoms with Crippen LogP contribution in [-0.2, 0) is 34.8 Å². The van der Waals surface area contributed by atoms with E-state index in [2.05, 4.69) is 40.5 Å². The van der Waals surface area contributed by atoms with E-state index in [0.717, 1.165) is 0 Å². The van der Waals surface area contributed by atoms with Gasteiger partial charge in [0.15, 0.2) is 5.69 Å². The second-order valence-corrected chi connectivity index (χ2v) is 10.6. The molecule has 0 aliphatic carbocycles. The van der Waals surface area contributed by atoms with Crippen molar-refractivity contribution in [3.8, 4) is 11.3 Å². The summed E-state index contributed by atoms with van der Waals surface area (Å²) in [5.74, 6) is -0.643. The molecule has 0 spiro atoms. The number of aliphatic hydroxyl groups excluding tert-OH is 1. The molecule has 0 aliphatic heterocycles. The number of nitrogens with zero attached hydrogens (tertiary/aromatic N) is 5. The molecule has 0 bridgehead atoms. The number of amides is 1. The Labute approximate surface area is 260 Å². The molecule has 238 valence electrons. The number of rotatable bonds is 14. The summed E-state index contributed by atoms with van der Waals surface area (Å²) < 4.78 is 58.5. The summed E-state index contributed by atoms with van der Waals surface area (Å²) in [6.45, 7) is 0.313. The number of alkyl halides is 3. The standard InChI is InChI=1S/C27H27ClF3N8O5P/c1-32-25(41)24-23(6-5-20(36-24)17-12-35-39(14-17)9-2-10-40)33-8-7-21-18(27(29,30)31)13-34-26(37-21)38-22-4-3-16(11-19(22)28)15-44-45(42)43/h3-6,11-14,40H,2,7-10,15H2,1H3,(H3-,32,33,34,37,38,41,42,43)/p+1. The first-order chi connectivity index (χ1) is 21.5. The maximum atomic E-state index is 13.8. The van der Waals surface area contributed by atoms with Gasteiger partial charge < -0.3 is 21.1 Å². The molecule has 0 fully saturated rings. The van der Waals surface area contributed by atoms with E-state index >= 15 is 0 Å². The predicted octanol–water partition coefficient (Wildman–Crippen LogP) is 4.71. The molecular formula is C27H28ClF3N8O5P+. The molecule has 3 heterocycles. The van der Waals surface area contributed by atoms with Gasteiger partial charge in [-0.2, -0.15) is 18.3 Å². The van der Waals surface area contributed by atoms with Crippen LogP contribution < -0.4 is 16.0 Å². The number of halogens is 4. The van der Waals surface area contributed by atoms with E-state index in [1.54, 1.807) is 35.3 Å². The van der Waals surface area contributed by atoms with Crippen LogP contribution in [0.3, 0.4) is 0 Å². The minimum atomic E-state index is -4.72. The van der Waals surface area contributed by atoms with Gasteiger partial charge >= 0.3 is 14.4 Å². The molecule has 18 heteroatoms. The van der Waals surface area contributed by atoms with Crippen LogP contribution in [0, 0.1) is 0 Å². The quantitative estimate of drug-likeness (QED) is 0.118. The first kappa shape index (κ1) is 33.7. The Hall–Kier alpha value is -4.21. The van der Waals surface area contributed by atoms with Crippen molar-refractivity contribution in [2.45, 2.75) is 32.2 Å². The van der Waals surface area contributed by atoms with Crippen LogP contribution in [0.5, 0.6) is 0 Å². The number of nitrogens with one attached hydrogen (secondary N) is 3. The molecule has 4 aromatic rings. The maximum Gasteiger partial charge on any atom is 0.695 e. The molecule has 13 nitrogen and oxygen atoms in total. The van der Waals surface area contributed by atoms with Gasteiger partial charge in [-0.3, -0.25) is 9.48 Å². The van der Waals surface area contributed by atoms with Gasteiger partial charge in [-0.1, -0.05) is 17.7 Å². The highest BCUT2D eigenvalue weighted by molar-refractivity contribution is 7.32. The van der Waals surface area contributed by atoms with E-state index in [4.69, 9.17) is 21.6 Å². The van der Waals surface area contributed by atoms with Crippen molar-refractivity contribution in [3.05, 3.63) is 76.5 Å². The van der Waals surface area contributed by atoms with Gasteiger partial charge in [-0.25, -0.2) is 15.0 Å².